The number of nitrogens with two attached hydrogens (primary N) is 1. The van der Waals surface area contributed by atoms with Gasteiger partial charge in [0.15, 0.2) is 0 Å². The summed E-state index contributed by atoms with van der Waals surface area (Å²) in [4.78, 5) is 2.33. The number of halogens is 2. The lowest BCUT2D eigenvalue weighted by atomic mass is 9.71. The van der Waals surface area contributed by atoms with Gasteiger partial charge in [0.1, 0.15) is 0 Å². The van der Waals surface area contributed by atoms with Crippen LogP contribution < -0.4 is 5.73 Å². The Bertz CT molecular complexity index is 480. The van der Waals surface area contributed by atoms with Crippen molar-refractivity contribution in [1.29, 1.82) is 0 Å². The number of rotatable bonds is 4. The highest BCUT2D eigenvalue weighted by Crippen LogP contribution is 2.38. The number of likely N-dealkylation sites (N-methyl/N-ethyl adjacent to an activating group) is 1. The minimum absolute atomic E-state index is 0.0788. The molecule has 118 valence electrons. The summed E-state index contributed by atoms with van der Waals surface area (Å²) >= 11 is 12.3. The van der Waals surface area contributed by atoms with Crippen molar-refractivity contribution in [2.24, 2.45) is 11.7 Å². The van der Waals surface area contributed by atoms with Gasteiger partial charge in [0.05, 0.1) is 0 Å². The van der Waals surface area contributed by atoms with Crippen LogP contribution in [0.15, 0.2) is 18.2 Å². The van der Waals surface area contributed by atoms with Gasteiger partial charge in [0.2, 0.25) is 0 Å². The van der Waals surface area contributed by atoms with E-state index in [-0.39, 0.29) is 11.6 Å². The van der Waals surface area contributed by atoms with Crippen LogP contribution in [0.3, 0.4) is 0 Å². The molecule has 1 aliphatic carbocycles. The minimum atomic E-state index is 0.0788. The Kier molecular flexibility index (Phi) is 5.59. The first kappa shape index (κ1) is 17.1. The van der Waals surface area contributed by atoms with Crippen LogP contribution >= 0.6 is 23.2 Å². The molecule has 0 heterocycles. The second kappa shape index (κ2) is 6.87. The van der Waals surface area contributed by atoms with Gasteiger partial charge in [-0.25, -0.2) is 0 Å². The zero-order valence-electron chi connectivity index (χ0n) is 13.2. The first-order valence-electron chi connectivity index (χ1n) is 7.72. The van der Waals surface area contributed by atoms with Crippen LogP contribution in [0.2, 0.25) is 10.0 Å². The van der Waals surface area contributed by atoms with Crippen LogP contribution in [0.25, 0.3) is 0 Å². The summed E-state index contributed by atoms with van der Waals surface area (Å²) in [6.45, 7) is 2.33. The molecule has 0 bridgehead atoms. The highest BCUT2D eigenvalue weighted by molar-refractivity contribution is 6.35. The van der Waals surface area contributed by atoms with E-state index >= 15 is 0 Å². The van der Waals surface area contributed by atoms with Crippen LogP contribution in [0.5, 0.6) is 0 Å². The Balaban J connectivity index is 2.17. The van der Waals surface area contributed by atoms with Gasteiger partial charge >= 0.3 is 0 Å². The third-order valence-corrected chi connectivity index (χ3v) is 5.76. The van der Waals surface area contributed by atoms with Crippen LogP contribution in [-0.4, -0.2) is 30.6 Å². The maximum atomic E-state index is 6.64. The lowest BCUT2D eigenvalue weighted by Gasteiger charge is -2.48. The van der Waals surface area contributed by atoms with Gasteiger partial charge in [0, 0.05) is 21.6 Å². The lowest BCUT2D eigenvalue weighted by molar-refractivity contribution is 0.0568. The number of hydrogen-bond donors (Lipinski definition) is 1. The number of benzene rings is 1. The molecule has 0 radical (unpaired) electrons. The van der Waals surface area contributed by atoms with Gasteiger partial charge in [0.25, 0.3) is 0 Å². The van der Waals surface area contributed by atoms with Gasteiger partial charge in [-0.15, -0.1) is 0 Å². The van der Waals surface area contributed by atoms with E-state index < -0.39 is 0 Å². The third-order valence-electron chi connectivity index (χ3n) is 5.18. The zero-order valence-corrected chi connectivity index (χ0v) is 14.7. The fourth-order valence-corrected chi connectivity index (χ4v) is 4.01. The van der Waals surface area contributed by atoms with E-state index in [1.54, 1.807) is 6.07 Å². The Morgan fingerprint density at radius 2 is 1.90 bits per heavy atom. The van der Waals surface area contributed by atoms with Crippen molar-refractivity contribution < 1.29 is 0 Å². The van der Waals surface area contributed by atoms with E-state index in [1.165, 1.54) is 12.8 Å². The van der Waals surface area contributed by atoms with Crippen molar-refractivity contribution >= 4 is 23.2 Å². The molecule has 0 amide bonds. The smallest absolute Gasteiger partial charge is 0.0453 e. The van der Waals surface area contributed by atoms with E-state index in [2.05, 4.69) is 25.9 Å². The number of nitrogens with zero attached hydrogens (tertiary/aromatic N) is 1. The summed E-state index contributed by atoms with van der Waals surface area (Å²) in [6, 6.07) is 5.77. The highest BCUT2D eigenvalue weighted by atomic mass is 35.5. The fourth-order valence-electron chi connectivity index (χ4n) is 3.53. The Labute approximate surface area is 138 Å². The summed E-state index contributed by atoms with van der Waals surface area (Å²) in [5, 5.41) is 1.39. The Hall–Kier alpha value is -0.280. The van der Waals surface area contributed by atoms with Crippen LogP contribution in [-0.2, 0) is 6.42 Å². The van der Waals surface area contributed by atoms with Crippen LogP contribution in [0.1, 0.15) is 38.2 Å². The molecule has 4 heteroatoms. The van der Waals surface area contributed by atoms with Gasteiger partial charge < -0.3 is 10.6 Å². The molecule has 1 saturated carbocycles. The van der Waals surface area contributed by atoms with Crippen molar-refractivity contribution in [3.05, 3.63) is 33.8 Å². The van der Waals surface area contributed by atoms with E-state index in [0.717, 1.165) is 35.8 Å². The normalized spacial score (nSPS) is 27.9. The maximum Gasteiger partial charge on any atom is 0.0453 e. The molecule has 0 aromatic heterocycles. The standard InChI is InChI=1S/C17H26Cl2N2/c1-12-6-8-17(9-7-12,21(2)3)16(20)10-13-4-5-14(18)11-15(13)19/h4-5,11-12,16H,6-10,20H2,1-3H3. The second-order valence-corrected chi connectivity index (χ2v) is 7.57. The maximum absolute atomic E-state index is 6.64. The molecular weight excluding hydrogens is 303 g/mol. The summed E-state index contributed by atoms with van der Waals surface area (Å²) in [6.07, 6.45) is 5.62. The van der Waals surface area contributed by atoms with E-state index in [1.807, 2.05) is 12.1 Å². The van der Waals surface area contributed by atoms with Crippen LogP contribution in [0.4, 0.5) is 0 Å². The van der Waals surface area contributed by atoms with E-state index in [4.69, 9.17) is 28.9 Å². The molecule has 1 fully saturated rings. The molecule has 2 nitrogen and oxygen atoms in total. The topological polar surface area (TPSA) is 29.3 Å². The first-order valence-corrected chi connectivity index (χ1v) is 8.47. The van der Waals surface area contributed by atoms with E-state index in [9.17, 15) is 0 Å². The zero-order chi connectivity index (χ0) is 15.6. The average Bonchev–Trinajstić information content (AvgIpc) is 2.42. The summed E-state index contributed by atoms with van der Waals surface area (Å²) in [5.41, 5.74) is 7.81. The summed E-state index contributed by atoms with van der Waals surface area (Å²) in [5.74, 6) is 0.810. The Morgan fingerprint density at radius 1 is 1.29 bits per heavy atom. The van der Waals surface area contributed by atoms with Gasteiger partial charge in [-0.3, -0.25) is 0 Å². The van der Waals surface area contributed by atoms with Crippen molar-refractivity contribution in [3.8, 4) is 0 Å². The van der Waals surface area contributed by atoms with Crippen LogP contribution in [0, 0.1) is 5.92 Å². The molecule has 0 aliphatic heterocycles. The van der Waals surface area contributed by atoms with Crippen molar-refractivity contribution in [1.82, 2.24) is 4.90 Å². The fraction of sp³-hybridized carbons (Fsp3) is 0.647. The first-order chi connectivity index (χ1) is 9.85. The second-order valence-electron chi connectivity index (χ2n) is 6.73. The molecule has 21 heavy (non-hydrogen) atoms. The predicted octanol–water partition coefficient (Wildman–Crippen LogP) is 4.37. The number of hydrogen-bond acceptors (Lipinski definition) is 2. The molecule has 0 saturated heterocycles. The van der Waals surface area contributed by atoms with Gasteiger partial charge in [-0.05, 0) is 69.8 Å². The molecule has 1 unspecified atom stereocenters. The molecule has 1 aliphatic rings. The van der Waals surface area contributed by atoms with E-state index in [0.29, 0.717) is 5.02 Å². The largest absolute Gasteiger partial charge is 0.326 e. The Morgan fingerprint density at radius 3 is 2.43 bits per heavy atom. The minimum Gasteiger partial charge on any atom is -0.326 e. The van der Waals surface area contributed by atoms with Crippen molar-refractivity contribution in [2.45, 2.75) is 50.6 Å². The third kappa shape index (κ3) is 3.73. The molecule has 1 atom stereocenters. The molecule has 2 rings (SSSR count). The lowest BCUT2D eigenvalue weighted by Crippen LogP contribution is -2.59. The van der Waals surface area contributed by atoms with Crippen molar-refractivity contribution in [3.63, 3.8) is 0 Å². The SMILES string of the molecule is CC1CCC(C(N)Cc2ccc(Cl)cc2Cl)(N(C)C)CC1. The van der Waals surface area contributed by atoms with Gasteiger partial charge in [-0.2, -0.15) is 0 Å². The molecule has 0 spiro atoms. The summed E-state index contributed by atoms with van der Waals surface area (Å²) in [7, 11) is 4.30. The highest BCUT2D eigenvalue weighted by Gasteiger charge is 2.41. The molecule has 1 aromatic carbocycles. The monoisotopic (exact) mass is 328 g/mol. The molecule has 2 N–H and O–H groups in total. The van der Waals surface area contributed by atoms with Crippen molar-refractivity contribution in [2.75, 3.05) is 14.1 Å². The summed E-state index contributed by atoms with van der Waals surface area (Å²) < 4.78 is 0. The van der Waals surface area contributed by atoms with Gasteiger partial charge in [-0.1, -0.05) is 36.2 Å². The predicted molar refractivity (Wildman–Crippen MR) is 92.2 cm³/mol. The average molecular weight is 329 g/mol. The molecular formula is C17H26Cl2N2. The molecule has 1 aromatic rings. The quantitative estimate of drug-likeness (QED) is 0.888.